The molecule has 1 fully saturated rings. The van der Waals surface area contributed by atoms with Gasteiger partial charge >= 0.3 is 0 Å². The molecular weight excluding hydrogens is 322 g/mol. The Morgan fingerprint density at radius 1 is 0.917 bits per heavy atom. The third-order valence-electron chi connectivity index (χ3n) is 4.91. The monoisotopic (exact) mass is 345 g/mol. The summed E-state index contributed by atoms with van der Waals surface area (Å²) in [5.41, 5.74) is 1.89. The molecule has 4 heteroatoms. The first-order valence-corrected chi connectivity index (χ1v) is 8.90. The van der Waals surface area contributed by atoms with Crippen molar-refractivity contribution >= 4 is 11.6 Å². The molecule has 2 unspecified atom stereocenters. The zero-order chi connectivity index (χ0) is 16.9. The molecule has 2 aromatic rings. The maximum Gasteiger partial charge on any atom is 0.0916 e. The Hall–Kier alpha value is -1.39. The lowest BCUT2D eigenvalue weighted by molar-refractivity contribution is 0.0399. The number of nitrogens with zero attached hydrogens (tertiary/aromatic N) is 1. The van der Waals surface area contributed by atoms with Crippen molar-refractivity contribution in [3.63, 3.8) is 0 Å². The summed E-state index contributed by atoms with van der Waals surface area (Å²) in [5, 5.41) is 21.6. The smallest absolute Gasteiger partial charge is 0.0916 e. The van der Waals surface area contributed by atoms with Crippen LogP contribution in [0.3, 0.4) is 0 Å². The van der Waals surface area contributed by atoms with Crippen LogP contribution in [0.1, 0.15) is 36.2 Å². The molecule has 24 heavy (non-hydrogen) atoms. The number of aliphatic hydroxyl groups excluding tert-OH is 2. The highest BCUT2D eigenvalue weighted by Crippen LogP contribution is 2.31. The number of benzene rings is 2. The Balaban J connectivity index is 1.51. The van der Waals surface area contributed by atoms with Gasteiger partial charge in [-0.05, 0) is 55.1 Å². The third-order valence-corrected chi connectivity index (χ3v) is 5.16. The lowest BCUT2D eigenvalue weighted by Crippen LogP contribution is -2.38. The molecule has 0 radical (unpaired) electrons. The molecule has 0 spiro atoms. The fourth-order valence-electron chi connectivity index (χ4n) is 3.41. The summed E-state index contributed by atoms with van der Waals surface area (Å²) >= 11 is 5.91. The van der Waals surface area contributed by atoms with Crippen LogP contribution in [0.5, 0.6) is 0 Å². The van der Waals surface area contributed by atoms with E-state index in [1.165, 1.54) is 0 Å². The number of hydrogen-bond donors (Lipinski definition) is 2. The SMILES string of the molecule is OC(CN1CCC(C(O)c2ccc(Cl)cc2)CC1)c1ccccc1. The van der Waals surface area contributed by atoms with Crippen molar-refractivity contribution in [2.24, 2.45) is 5.92 Å². The second-order valence-electron chi connectivity index (χ2n) is 6.56. The molecule has 0 bridgehead atoms. The highest BCUT2D eigenvalue weighted by atomic mass is 35.5. The quantitative estimate of drug-likeness (QED) is 0.865. The molecule has 0 aliphatic carbocycles. The molecule has 3 nitrogen and oxygen atoms in total. The lowest BCUT2D eigenvalue weighted by Gasteiger charge is -2.35. The van der Waals surface area contributed by atoms with Gasteiger partial charge in [0.05, 0.1) is 12.2 Å². The van der Waals surface area contributed by atoms with Crippen LogP contribution < -0.4 is 0 Å². The average Bonchev–Trinajstić information content (AvgIpc) is 2.63. The number of halogens is 1. The molecule has 1 aliphatic heterocycles. The topological polar surface area (TPSA) is 43.7 Å². The van der Waals surface area contributed by atoms with Gasteiger partial charge in [-0.3, -0.25) is 0 Å². The minimum atomic E-state index is -0.455. The standard InChI is InChI=1S/C20H24ClNO2/c21-18-8-6-16(7-9-18)20(24)17-10-12-22(13-11-17)14-19(23)15-4-2-1-3-5-15/h1-9,17,19-20,23-24H,10-14H2. The minimum absolute atomic E-state index is 0.260. The number of likely N-dealkylation sites (tertiary alicyclic amines) is 1. The fraction of sp³-hybridized carbons (Fsp3) is 0.400. The normalized spacial score (nSPS) is 19.1. The van der Waals surface area contributed by atoms with Crippen LogP contribution in [-0.4, -0.2) is 34.7 Å². The first-order chi connectivity index (χ1) is 11.6. The molecule has 1 saturated heterocycles. The molecule has 128 valence electrons. The lowest BCUT2D eigenvalue weighted by atomic mass is 9.87. The Morgan fingerprint density at radius 2 is 1.54 bits per heavy atom. The molecule has 0 aromatic heterocycles. The van der Waals surface area contributed by atoms with Crippen molar-refractivity contribution in [2.45, 2.75) is 25.0 Å². The third kappa shape index (κ3) is 4.37. The summed E-state index contributed by atoms with van der Waals surface area (Å²) in [4.78, 5) is 2.28. The van der Waals surface area contributed by atoms with Crippen LogP contribution in [0.4, 0.5) is 0 Å². The maximum atomic E-state index is 10.6. The zero-order valence-corrected chi connectivity index (χ0v) is 14.4. The van der Waals surface area contributed by atoms with E-state index < -0.39 is 12.2 Å². The number of piperidine rings is 1. The number of rotatable bonds is 5. The van der Waals surface area contributed by atoms with E-state index >= 15 is 0 Å². The van der Waals surface area contributed by atoms with Crippen molar-refractivity contribution in [1.82, 2.24) is 4.90 Å². The van der Waals surface area contributed by atoms with Gasteiger partial charge in [0.1, 0.15) is 0 Å². The number of aliphatic hydroxyl groups is 2. The Labute approximate surface area is 148 Å². The summed E-state index contributed by atoms with van der Waals surface area (Å²) in [7, 11) is 0. The van der Waals surface area contributed by atoms with E-state index in [0.717, 1.165) is 37.1 Å². The summed E-state index contributed by atoms with van der Waals surface area (Å²) < 4.78 is 0. The first kappa shape index (κ1) is 17.4. The van der Waals surface area contributed by atoms with Crippen molar-refractivity contribution in [2.75, 3.05) is 19.6 Å². The maximum absolute atomic E-state index is 10.6. The van der Waals surface area contributed by atoms with Gasteiger partial charge in [0.2, 0.25) is 0 Å². The van der Waals surface area contributed by atoms with Gasteiger partial charge in [-0.2, -0.15) is 0 Å². The van der Waals surface area contributed by atoms with E-state index in [-0.39, 0.29) is 5.92 Å². The highest BCUT2D eigenvalue weighted by Gasteiger charge is 2.27. The van der Waals surface area contributed by atoms with Crippen LogP contribution in [-0.2, 0) is 0 Å². The highest BCUT2D eigenvalue weighted by molar-refractivity contribution is 6.30. The van der Waals surface area contributed by atoms with Crippen LogP contribution in [0.2, 0.25) is 5.02 Å². The van der Waals surface area contributed by atoms with Gasteiger partial charge in [0, 0.05) is 11.6 Å². The van der Waals surface area contributed by atoms with Crippen LogP contribution in [0.25, 0.3) is 0 Å². The number of hydrogen-bond acceptors (Lipinski definition) is 3. The summed E-state index contributed by atoms with van der Waals surface area (Å²) in [5.74, 6) is 0.260. The van der Waals surface area contributed by atoms with E-state index in [1.54, 1.807) is 0 Å². The molecule has 3 rings (SSSR count). The van der Waals surface area contributed by atoms with Crippen LogP contribution >= 0.6 is 11.6 Å². The average molecular weight is 346 g/mol. The van der Waals surface area contributed by atoms with Gasteiger partial charge in [-0.15, -0.1) is 0 Å². The Morgan fingerprint density at radius 3 is 2.17 bits per heavy atom. The summed E-state index contributed by atoms with van der Waals surface area (Å²) in [6.45, 7) is 2.45. The van der Waals surface area contributed by atoms with Crippen molar-refractivity contribution in [3.8, 4) is 0 Å². The van der Waals surface area contributed by atoms with Gasteiger partial charge in [-0.1, -0.05) is 54.1 Å². The largest absolute Gasteiger partial charge is 0.388 e. The first-order valence-electron chi connectivity index (χ1n) is 8.52. The predicted molar refractivity (Wildman–Crippen MR) is 97.0 cm³/mol. The molecule has 2 atom stereocenters. The second kappa shape index (κ2) is 8.13. The van der Waals surface area contributed by atoms with Gasteiger partial charge in [0.25, 0.3) is 0 Å². The summed E-state index contributed by atoms with van der Waals surface area (Å²) in [6, 6.07) is 17.2. The zero-order valence-electron chi connectivity index (χ0n) is 13.7. The Kier molecular flexibility index (Phi) is 5.90. The number of β-amino-alcohol motifs (C(OH)–C–C–N with tert-alkyl or cyclic N) is 1. The van der Waals surface area contributed by atoms with Gasteiger partial charge < -0.3 is 15.1 Å². The van der Waals surface area contributed by atoms with Crippen molar-refractivity contribution < 1.29 is 10.2 Å². The van der Waals surface area contributed by atoms with E-state index in [4.69, 9.17) is 11.6 Å². The van der Waals surface area contributed by atoms with Crippen LogP contribution in [0, 0.1) is 5.92 Å². The van der Waals surface area contributed by atoms with Gasteiger partial charge in [0.15, 0.2) is 0 Å². The van der Waals surface area contributed by atoms with E-state index in [2.05, 4.69) is 4.90 Å². The van der Waals surface area contributed by atoms with Crippen LogP contribution in [0.15, 0.2) is 54.6 Å². The molecule has 0 saturated carbocycles. The Bertz CT molecular complexity index is 624. The van der Waals surface area contributed by atoms with Crippen molar-refractivity contribution in [1.29, 1.82) is 0 Å². The van der Waals surface area contributed by atoms with E-state index in [0.29, 0.717) is 11.6 Å². The van der Waals surface area contributed by atoms with Crippen molar-refractivity contribution in [3.05, 3.63) is 70.7 Å². The molecule has 1 aliphatic rings. The molecule has 2 N–H and O–H groups in total. The van der Waals surface area contributed by atoms with E-state index in [1.807, 2.05) is 54.6 Å². The van der Waals surface area contributed by atoms with E-state index in [9.17, 15) is 10.2 Å². The summed E-state index contributed by atoms with van der Waals surface area (Å²) in [6.07, 6.45) is 0.976. The molecule has 0 amide bonds. The molecule has 1 heterocycles. The molecular formula is C20H24ClNO2. The second-order valence-corrected chi connectivity index (χ2v) is 7.00. The predicted octanol–water partition coefficient (Wildman–Crippen LogP) is 3.82. The van der Waals surface area contributed by atoms with Gasteiger partial charge in [-0.25, -0.2) is 0 Å². The minimum Gasteiger partial charge on any atom is -0.388 e. The fourth-order valence-corrected chi connectivity index (χ4v) is 3.53. The molecule has 2 aromatic carbocycles.